The fourth-order valence-electron chi connectivity index (χ4n) is 3.77. The van der Waals surface area contributed by atoms with Crippen molar-refractivity contribution in [2.75, 3.05) is 0 Å². The molecule has 0 aliphatic carbocycles. The lowest BCUT2D eigenvalue weighted by atomic mass is 9.86. The van der Waals surface area contributed by atoms with E-state index in [-0.39, 0.29) is 5.82 Å². The SMILES string of the molecule is CCC/C=C(\CCC)c1cc(F)cc(/C(=C/CCC)CCC)c1-c1ccccn1. The Kier molecular flexibility index (Phi) is 9.83. The second kappa shape index (κ2) is 12.4. The minimum atomic E-state index is -0.160. The summed E-state index contributed by atoms with van der Waals surface area (Å²) in [6.45, 7) is 8.74. The van der Waals surface area contributed by atoms with E-state index in [1.54, 1.807) is 12.1 Å². The first-order valence-electron chi connectivity index (χ1n) is 11.3. The van der Waals surface area contributed by atoms with Gasteiger partial charge in [-0.3, -0.25) is 4.98 Å². The average Bonchev–Trinajstić information content (AvgIpc) is 2.74. The molecule has 0 saturated heterocycles. The highest BCUT2D eigenvalue weighted by Gasteiger charge is 2.19. The third-order valence-electron chi connectivity index (χ3n) is 5.11. The summed E-state index contributed by atoms with van der Waals surface area (Å²) in [5, 5.41) is 0. The lowest BCUT2D eigenvalue weighted by molar-refractivity contribution is 0.626. The van der Waals surface area contributed by atoms with Crippen LogP contribution in [0.2, 0.25) is 0 Å². The molecule has 0 aliphatic rings. The van der Waals surface area contributed by atoms with Crippen molar-refractivity contribution in [3.63, 3.8) is 0 Å². The Labute approximate surface area is 176 Å². The van der Waals surface area contributed by atoms with Crippen LogP contribution >= 0.6 is 0 Å². The Morgan fingerprint density at radius 2 is 1.38 bits per heavy atom. The maximum absolute atomic E-state index is 14.9. The summed E-state index contributed by atoms with van der Waals surface area (Å²) in [6, 6.07) is 9.44. The molecule has 1 aromatic carbocycles. The average molecular weight is 394 g/mol. The molecule has 1 heterocycles. The molecule has 2 aromatic rings. The maximum Gasteiger partial charge on any atom is 0.124 e. The molecule has 0 aliphatic heterocycles. The van der Waals surface area contributed by atoms with E-state index < -0.39 is 0 Å². The van der Waals surface area contributed by atoms with Gasteiger partial charge < -0.3 is 0 Å². The van der Waals surface area contributed by atoms with E-state index in [1.807, 2.05) is 24.4 Å². The molecule has 1 aromatic heterocycles. The predicted octanol–water partition coefficient (Wildman–Crippen LogP) is 8.85. The van der Waals surface area contributed by atoms with Gasteiger partial charge >= 0.3 is 0 Å². The van der Waals surface area contributed by atoms with E-state index in [9.17, 15) is 4.39 Å². The van der Waals surface area contributed by atoms with Crippen molar-refractivity contribution in [1.29, 1.82) is 0 Å². The second-order valence-electron chi connectivity index (χ2n) is 7.63. The van der Waals surface area contributed by atoms with Gasteiger partial charge in [0, 0.05) is 11.8 Å². The van der Waals surface area contributed by atoms with Gasteiger partial charge in [-0.05, 0) is 72.2 Å². The van der Waals surface area contributed by atoms with Crippen molar-refractivity contribution in [1.82, 2.24) is 4.98 Å². The van der Waals surface area contributed by atoms with Gasteiger partial charge in [0.15, 0.2) is 0 Å². The molecule has 0 N–H and O–H groups in total. The predicted molar refractivity (Wildman–Crippen MR) is 125 cm³/mol. The Hall–Kier alpha value is -2.22. The van der Waals surface area contributed by atoms with Crippen molar-refractivity contribution in [3.05, 3.63) is 65.6 Å². The Balaban J connectivity index is 2.81. The maximum atomic E-state index is 14.9. The topological polar surface area (TPSA) is 12.9 Å². The monoisotopic (exact) mass is 393 g/mol. The molecule has 0 unspecified atom stereocenters. The quantitative estimate of drug-likeness (QED) is 0.371. The fourth-order valence-corrected chi connectivity index (χ4v) is 3.77. The molecule has 0 bridgehead atoms. The lowest BCUT2D eigenvalue weighted by Crippen LogP contribution is -2.00. The molecule has 1 nitrogen and oxygen atoms in total. The van der Waals surface area contributed by atoms with Gasteiger partial charge in [0.2, 0.25) is 0 Å². The highest BCUT2D eigenvalue weighted by molar-refractivity contribution is 5.89. The third kappa shape index (κ3) is 6.39. The zero-order valence-electron chi connectivity index (χ0n) is 18.6. The lowest BCUT2D eigenvalue weighted by Gasteiger charge is -2.20. The van der Waals surface area contributed by atoms with Gasteiger partial charge in [-0.15, -0.1) is 0 Å². The Morgan fingerprint density at radius 1 is 0.828 bits per heavy atom. The molecule has 0 spiro atoms. The number of unbranched alkanes of at least 4 members (excludes halogenated alkanes) is 2. The molecular weight excluding hydrogens is 357 g/mol. The van der Waals surface area contributed by atoms with Crippen molar-refractivity contribution in [2.45, 2.75) is 79.1 Å². The summed E-state index contributed by atoms with van der Waals surface area (Å²) >= 11 is 0. The molecule has 0 atom stereocenters. The van der Waals surface area contributed by atoms with Gasteiger partial charge in [0.25, 0.3) is 0 Å². The number of benzene rings is 1. The largest absolute Gasteiger partial charge is 0.256 e. The first-order chi connectivity index (χ1) is 14.2. The standard InChI is InChI=1S/C27H36FN/c1-5-9-15-21(13-7-3)24-19-23(28)20-25(22(14-8-4)16-10-6-2)27(24)26-17-11-12-18-29-26/h11-12,15-20H,5-10,13-14H2,1-4H3/b21-15+,22-16+. The zero-order chi connectivity index (χ0) is 21.1. The van der Waals surface area contributed by atoms with Crippen molar-refractivity contribution < 1.29 is 4.39 Å². The number of allylic oxidation sites excluding steroid dienone is 4. The molecule has 0 amide bonds. The normalized spacial score (nSPS) is 12.4. The zero-order valence-corrected chi connectivity index (χ0v) is 18.6. The number of rotatable bonds is 11. The molecule has 0 radical (unpaired) electrons. The van der Waals surface area contributed by atoms with E-state index in [0.717, 1.165) is 73.8 Å². The van der Waals surface area contributed by atoms with E-state index in [0.29, 0.717) is 0 Å². The Bertz CT molecular complexity index is 771. The van der Waals surface area contributed by atoms with E-state index in [1.165, 1.54) is 11.1 Å². The highest BCUT2D eigenvalue weighted by atomic mass is 19.1. The van der Waals surface area contributed by atoms with Crippen LogP contribution in [0.25, 0.3) is 22.4 Å². The third-order valence-corrected chi connectivity index (χ3v) is 5.11. The molecule has 29 heavy (non-hydrogen) atoms. The van der Waals surface area contributed by atoms with E-state index in [2.05, 4.69) is 44.8 Å². The minimum Gasteiger partial charge on any atom is -0.256 e. The molecule has 2 heteroatoms. The van der Waals surface area contributed by atoms with Gasteiger partial charge in [-0.25, -0.2) is 4.39 Å². The number of halogens is 1. The number of hydrogen-bond acceptors (Lipinski definition) is 1. The smallest absolute Gasteiger partial charge is 0.124 e. The number of hydrogen-bond donors (Lipinski definition) is 0. The Morgan fingerprint density at radius 3 is 1.79 bits per heavy atom. The van der Waals surface area contributed by atoms with Crippen LogP contribution in [-0.2, 0) is 0 Å². The summed E-state index contributed by atoms with van der Waals surface area (Å²) in [4.78, 5) is 4.67. The van der Waals surface area contributed by atoms with Crippen LogP contribution < -0.4 is 0 Å². The molecule has 0 saturated carbocycles. The fraction of sp³-hybridized carbons (Fsp3) is 0.444. The summed E-state index contributed by atoms with van der Waals surface area (Å²) in [7, 11) is 0. The van der Waals surface area contributed by atoms with Gasteiger partial charge in [0.1, 0.15) is 5.82 Å². The summed E-state index contributed by atoms with van der Waals surface area (Å²) in [5.74, 6) is -0.160. The summed E-state index contributed by atoms with van der Waals surface area (Å²) in [6.07, 6.45) is 14.6. The molecule has 2 rings (SSSR count). The first kappa shape index (κ1) is 23.1. The molecular formula is C27H36FN. The van der Waals surface area contributed by atoms with Crippen molar-refractivity contribution in [2.24, 2.45) is 0 Å². The first-order valence-corrected chi connectivity index (χ1v) is 11.3. The molecule has 156 valence electrons. The van der Waals surface area contributed by atoms with Crippen LogP contribution in [0, 0.1) is 5.82 Å². The second-order valence-corrected chi connectivity index (χ2v) is 7.63. The van der Waals surface area contributed by atoms with Crippen LogP contribution in [0.5, 0.6) is 0 Å². The van der Waals surface area contributed by atoms with E-state index >= 15 is 0 Å². The van der Waals surface area contributed by atoms with Crippen LogP contribution in [0.15, 0.2) is 48.7 Å². The van der Waals surface area contributed by atoms with E-state index in [4.69, 9.17) is 0 Å². The van der Waals surface area contributed by atoms with Crippen LogP contribution in [-0.4, -0.2) is 4.98 Å². The van der Waals surface area contributed by atoms with Gasteiger partial charge in [0.05, 0.1) is 5.69 Å². The van der Waals surface area contributed by atoms with Crippen LogP contribution in [0.4, 0.5) is 4.39 Å². The minimum absolute atomic E-state index is 0.160. The summed E-state index contributed by atoms with van der Waals surface area (Å²) in [5.41, 5.74) is 6.50. The number of aromatic nitrogens is 1. The molecule has 0 fully saturated rings. The summed E-state index contributed by atoms with van der Waals surface area (Å²) < 4.78 is 14.9. The van der Waals surface area contributed by atoms with Crippen molar-refractivity contribution >= 4 is 11.1 Å². The number of pyridine rings is 1. The highest BCUT2D eigenvalue weighted by Crippen LogP contribution is 2.39. The number of nitrogens with zero attached hydrogens (tertiary/aromatic N) is 1. The van der Waals surface area contributed by atoms with Crippen molar-refractivity contribution in [3.8, 4) is 11.3 Å². The van der Waals surface area contributed by atoms with Gasteiger partial charge in [-0.1, -0.05) is 71.6 Å². The van der Waals surface area contributed by atoms with Gasteiger partial charge in [-0.2, -0.15) is 0 Å². The van der Waals surface area contributed by atoms with Crippen LogP contribution in [0.3, 0.4) is 0 Å². The van der Waals surface area contributed by atoms with Crippen LogP contribution in [0.1, 0.15) is 90.2 Å².